The Hall–Kier alpha value is -1.00. The van der Waals surface area contributed by atoms with Crippen LogP contribution < -0.4 is 5.32 Å². The van der Waals surface area contributed by atoms with Crippen molar-refractivity contribution in [2.24, 2.45) is 5.41 Å². The Labute approximate surface area is 113 Å². The molecule has 18 heavy (non-hydrogen) atoms. The first-order valence-electron chi connectivity index (χ1n) is 6.00. The van der Waals surface area contributed by atoms with Gasteiger partial charge in [-0.1, -0.05) is 12.1 Å². The van der Waals surface area contributed by atoms with Gasteiger partial charge in [-0.2, -0.15) is 0 Å². The van der Waals surface area contributed by atoms with E-state index in [-0.39, 0.29) is 0 Å². The summed E-state index contributed by atoms with van der Waals surface area (Å²) in [5.74, 6) is -0.182. The van der Waals surface area contributed by atoms with Crippen molar-refractivity contribution in [3.63, 3.8) is 0 Å². The van der Waals surface area contributed by atoms with Gasteiger partial charge in [0.2, 0.25) is 0 Å². The lowest BCUT2D eigenvalue weighted by Crippen LogP contribution is -2.26. The number of thioether (sulfide) groups is 1. The van der Waals surface area contributed by atoms with E-state index in [4.69, 9.17) is 5.11 Å². The molecular weight excluding hydrogens is 246 g/mol. The Bertz CT molecular complexity index is 401. The molecule has 4 heteroatoms. The molecule has 1 aromatic carbocycles. The molecule has 0 spiro atoms. The second kappa shape index (κ2) is 6.25. The van der Waals surface area contributed by atoms with Crippen molar-refractivity contribution in [1.29, 1.82) is 0 Å². The maximum Gasteiger partial charge on any atom is 0.309 e. The van der Waals surface area contributed by atoms with E-state index in [1.54, 1.807) is 25.6 Å². The van der Waals surface area contributed by atoms with Crippen molar-refractivity contribution in [3.8, 4) is 0 Å². The van der Waals surface area contributed by atoms with Crippen molar-refractivity contribution in [2.75, 3.05) is 12.8 Å². The van der Waals surface area contributed by atoms with Crippen molar-refractivity contribution in [2.45, 2.75) is 31.7 Å². The molecule has 1 unspecified atom stereocenters. The quantitative estimate of drug-likeness (QED) is 0.777. The summed E-state index contributed by atoms with van der Waals surface area (Å²) in [6, 6.07) is 8.59. The van der Waals surface area contributed by atoms with Crippen molar-refractivity contribution in [1.82, 2.24) is 5.32 Å². The van der Waals surface area contributed by atoms with Gasteiger partial charge in [0.15, 0.2) is 0 Å². The van der Waals surface area contributed by atoms with Crippen molar-refractivity contribution < 1.29 is 9.90 Å². The average Bonchev–Trinajstić information content (AvgIpc) is 2.36. The summed E-state index contributed by atoms with van der Waals surface area (Å²) in [5.41, 5.74) is 0.543. The number of hydrogen-bond donors (Lipinski definition) is 2. The van der Waals surface area contributed by atoms with E-state index in [0.29, 0.717) is 11.8 Å². The maximum atomic E-state index is 11.0. The van der Waals surface area contributed by atoms with Gasteiger partial charge in [0, 0.05) is 16.7 Å². The molecule has 0 heterocycles. The Morgan fingerprint density at radius 2 is 1.94 bits per heavy atom. The van der Waals surface area contributed by atoms with E-state index in [0.717, 1.165) is 4.90 Å². The minimum absolute atomic E-state index is 0.333. The van der Waals surface area contributed by atoms with Gasteiger partial charge in [0.25, 0.3) is 0 Å². The van der Waals surface area contributed by atoms with E-state index >= 15 is 0 Å². The number of benzene rings is 1. The van der Waals surface area contributed by atoms with Crippen LogP contribution in [0.3, 0.4) is 0 Å². The monoisotopic (exact) mass is 267 g/mol. The second-order valence-electron chi connectivity index (χ2n) is 5.06. The fraction of sp³-hybridized carbons (Fsp3) is 0.500. The standard InChI is InChI=1S/C14H21NO2S/c1-10(15-4)11-5-7-12(8-6-11)18-9-14(2,3)13(16)17/h5-8,10,15H,9H2,1-4H3,(H,16,17). The molecule has 1 aromatic rings. The van der Waals surface area contributed by atoms with Gasteiger partial charge >= 0.3 is 5.97 Å². The number of carboxylic acids is 1. The number of nitrogens with one attached hydrogen (secondary N) is 1. The molecule has 0 aliphatic rings. The van der Waals surface area contributed by atoms with Crippen LogP contribution in [0.1, 0.15) is 32.4 Å². The predicted octanol–water partition coefficient (Wildman–Crippen LogP) is 3.17. The number of aliphatic carboxylic acids is 1. The molecule has 3 nitrogen and oxygen atoms in total. The van der Waals surface area contributed by atoms with Crippen molar-refractivity contribution in [3.05, 3.63) is 29.8 Å². The fourth-order valence-electron chi connectivity index (χ4n) is 1.34. The van der Waals surface area contributed by atoms with Gasteiger partial charge in [-0.3, -0.25) is 4.79 Å². The molecule has 100 valence electrons. The third-order valence-electron chi connectivity index (χ3n) is 2.99. The van der Waals surface area contributed by atoms with E-state index < -0.39 is 11.4 Å². The second-order valence-corrected chi connectivity index (χ2v) is 6.11. The highest BCUT2D eigenvalue weighted by Gasteiger charge is 2.26. The van der Waals surface area contributed by atoms with Crippen LogP contribution in [0.4, 0.5) is 0 Å². The van der Waals surface area contributed by atoms with Crippen LogP contribution in [0.5, 0.6) is 0 Å². The zero-order valence-corrected chi connectivity index (χ0v) is 12.2. The lowest BCUT2D eigenvalue weighted by Gasteiger charge is -2.18. The molecule has 0 aliphatic carbocycles. The minimum atomic E-state index is -0.754. The molecule has 0 fully saturated rings. The molecule has 0 bridgehead atoms. The van der Waals surface area contributed by atoms with E-state index in [1.807, 2.05) is 19.2 Å². The first-order chi connectivity index (χ1) is 8.36. The molecule has 0 radical (unpaired) electrons. The van der Waals surface area contributed by atoms with Gasteiger partial charge in [-0.15, -0.1) is 11.8 Å². The number of carboxylic acid groups (broad SMARTS) is 1. The third-order valence-corrected chi connectivity index (χ3v) is 4.46. The summed E-state index contributed by atoms with van der Waals surface area (Å²) in [5, 5.41) is 12.2. The molecule has 1 atom stereocenters. The Morgan fingerprint density at radius 1 is 1.39 bits per heavy atom. The zero-order chi connectivity index (χ0) is 13.8. The topological polar surface area (TPSA) is 49.3 Å². The lowest BCUT2D eigenvalue weighted by atomic mass is 9.97. The summed E-state index contributed by atoms with van der Waals surface area (Å²) < 4.78 is 0. The van der Waals surface area contributed by atoms with E-state index in [9.17, 15) is 4.79 Å². The number of carbonyl (C=O) groups is 1. The SMILES string of the molecule is CNC(C)c1ccc(SCC(C)(C)C(=O)O)cc1. The van der Waals surface area contributed by atoms with Crippen LogP contribution in [0.15, 0.2) is 29.2 Å². The molecule has 0 saturated heterocycles. The molecular formula is C14H21NO2S. The van der Waals surface area contributed by atoms with Gasteiger partial charge in [-0.25, -0.2) is 0 Å². The van der Waals surface area contributed by atoms with Crippen LogP contribution in [0.2, 0.25) is 0 Å². The maximum absolute atomic E-state index is 11.0. The molecule has 0 amide bonds. The number of rotatable bonds is 6. The van der Waals surface area contributed by atoms with Crippen molar-refractivity contribution >= 4 is 17.7 Å². The van der Waals surface area contributed by atoms with Gasteiger partial charge in [0.05, 0.1) is 5.41 Å². The number of hydrogen-bond acceptors (Lipinski definition) is 3. The summed E-state index contributed by atoms with van der Waals surface area (Å²) in [6.07, 6.45) is 0. The van der Waals surface area contributed by atoms with E-state index in [2.05, 4.69) is 24.4 Å². The Balaban J connectivity index is 2.62. The minimum Gasteiger partial charge on any atom is -0.481 e. The smallest absolute Gasteiger partial charge is 0.309 e. The van der Waals surface area contributed by atoms with Crippen LogP contribution in [-0.4, -0.2) is 23.9 Å². The average molecular weight is 267 g/mol. The van der Waals surface area contributed by atoms with Crippen LogP contribution in [-0.2, 0) is 4.79 Å². The normalized spacial score (nSPS) is 13.3. The largest absolute Gasteiger partial charge is 0.481 e. The van der Waals surface area contributed by atoms with Gasteiger partial charge < -0.3 is 10.4 Å². The molecule has 1 rings (SSSR count). The first kappa shape index (κ1) is 15.1. The molecule has 2 N–H and O–H groups in total. The van der Waals surface area contributed by atoms with Gasteiger partial charge in [-0.05, 0) is 45.5 Å². The van der Waals surface area contributed by atoms with Crippen LogP contribution >= 0.6 is 11.8 Å². The van der Waals surface area contributed by atoms with Crippen LogP contribution in [0, 0.1) is 5.41 Å². The summed E-state index contributed by atoms with van der Waals surface area (Å²) in [7, 11) is 1.93. The molecule has 0 saturated carbocycles. The predicted molar refractivity (Wildman–Crippen MR) is 76.1 cm³/mol. The summed E-state index contributed by atoms with van der Waals surface area (Å²) in [4.78, 5) is 12.1. The summed E-state index contributed by atoms with van der Waals surface area (Å²) in [6.45, 7) is 5.61. The highest BCUT2D eigenvalue weighted by molar-refractivity contribution is 7.99. The third kappa shape index (κ3) is 4.03. The fourth-order valence-corrected chi connectivity index (χ4v) is 2.32. The Kier molecular flexibility index (Phi) is 5.23. The molecule has 0 aromatic heterocycles. The first-order valence-corrected chi connectivity index (χ1v) is 6.99. The zero-order valence-electron chi connectivity index (χ0n) is 11.4. The van der Waals surface area contributed by atoms with E-state index in [1.165, 1.54) is 5.56 Å². The highest BCUT2D eigenvalue weighted by atomic mass is 32.2. The van der Waals surface area contributed by atoms with Crippen LogP contribution in [0.25, 0.3) is 0 Å². The lowest BCUT2D eigenvalue weighted by molar-refractivity contribution is -0.145. The highest BCUT2D eigenvalue weighted by Crippen LogP contribution is 2.28. The molecule has 0 aliphatic heterocycles. The van der Waals surface area contributed by atoms with Gasteiger partial charge in [0.1, 0.15) is 0 Å². The summed E-state index contributed by atoms with van der Waals surface area (Å²) >= 11 is 1.58. The Morgan fingerprint density at radius 3 is 2.39 bits per heavy atom.